The average Bonchev–Trinajstić information content (AvgIpc) is 1.63. The fraction of sp³-hybridized carbons (Fsp3) is 0.659. The zero-order chi connectivity index (χ0) is 106. The predicted octanol–water partition coefficient (Wildman–Crippen LogP) is -8.26. The van der Waals surface area contributed by atoms with E-state index in [4.69, 9.17) is 77.9 Å². The second kappa shape index (κ2) is 68.1. The number of nitrogens with zero attached hydrogens (tertiary/aromatic N) is 2. The number of methoxy groups -OCH3 is 2. The third-order valence-corrected chi connectivity index (χ3v) is 21.8. The Kier molecular flexibility index (Phi) is 57.3. The van der Waals surface area contributed by atoms with Crippen molar-refractivity contribution in [3.8, 4) is 23.0 Å². The molecule has 0 bridgehead atoms. The van der Waals surface area contributed by atoms with Crippen LogP contribution in [0.5, 0.6) is 23.0 Å². The maximum atomic E-state index is 16.2. The quantitative estimate of drug-likeness (QED) is 0.0108. The highest BCUT2D eigenvalue weighted by Gasteiger charge is 2.37. The lowest BCUT2D eigenvalue weighted by molar-refractivity contribution is -0.150. The number of likely N-dealkylation sites (tertiary alicyclic amines) is 1. The standard InChI is InChI=1S/C88H132F2N12O40S/c1-5-139-77(121)13-8-57(105)65-36-53-64(143-65)38-63(130-4)86(79(53)89)141-18-6-17-140-85-62(129-3)35-52-46-101(47-54(52)80(85)90)74(118)12-14-78(122)142-51(2)39-92-68(112)37-56(100-73(117)48-102-75(119)10-11-76(102)120)88(128)98-45-72(116)96-44-71(115)95-43-70(114)94-42-69(113)91-16-20-132-22-24-134-26-28-136-30-32-138-34-33-137-31-29-135-27-25-133-23-21-131-19-15-67(111)99-55(87(127)97-41-59(107)82(124)84(126)61(109)50-104)7-9-66(110)93-40-58(106)81(123)83(125)60(108)49-103/h35-36,38,51,55-56,58-61,81-84,103-104,106-109,123-126H,5-34,37,39-50H2,1-4H3,(H,91,113)(H,92,112)(H,93,110)(H,94,114)(H,95,115)(H,96,116)(H,97,127)(H,98,128)(H,99,111)(H,100,117)/t51-,55-,56-,58-,59-,60+,61+,81+,82+,83+,84+/m0/s1/i10T/t10?,51-,55-,56-,58-,59-,60+,61+,81+,82+,83+,84+. The SMILES string of the molecule is [3H]C1CC(=O)N(CC(=O)N[C@@H](CC(=O)NC[C@H](C)OC(=O)CCC(=O)N2Cc3cc(OC)c(OCCCOc4c(OC)cc5sc(C(=O)CCC(=O)OCC)cc5c4F)c(F)c3C2)C(=O)NCC(=O)NCC(=O)NCC(=O)NCC(=O)NCCOCCOCCOCCOCCOCCOCCOCCOCCC(=O)N[C@@H](CCC(=O)NC[C@H](O)[C@@H](O)[C@H](O)[C@H](O)CO)C(=O)NC[C@H](O)[C@@H](O)[C@H](O)[C@H](O)CO)C1=O. The fourth-order valence-electron chi connectivity index (χ4n) is 12.9. The molecular formula is C88H132F2N12O40S. The lowest BCUT2D eigenvalue weighted by Crippen LogP contribution is -2.53. The molecule has 1 aromatic heterocycles. The highest BCUT2D eigenvalue weighted by Crippen LogP contribution is 2.42. The molecule has 52 nitrogen and oxygen atoms in total. The second-order valence-electron chi connectivity index (χ2n) is 31.6. The molecule has 2 aliphatic heterocycles. The number of aliphatic hydroxyl groups is 10. The first kappa shape index (κ1) is 120. The number of halogens is 2. The molecule has 20 N–H and O–H groups in total. The van der Waals surface area contributed by atoms with Crippen LogP contribution in [0.25, 0.3) is 10.1 Å². The molecule has 0 spiro atoms. The van der Waals surface area contributed by atoms with Crippen LogP contribution in [0.4, 0.5) is 8.78 Å². The van der Waals surface area contributed by atoms with Crippen molar-refractivity contribution < 1.29 is 204 Å². The van der Waals surface area contributed by atoms with Gasteiger partial charge in [0.2, 0.25) is 76.8 Å². The van der Waals surface area contributed by atoms with Gasteiger partial charge in [0, 0.05) is 101 Å². The summed E-state index contributed by atoms with van der Waals surface area (Å²) in [5.74, 6) is -15.0. The molecule has 3 aromatic rings. The van der Waals surface area contributed by atoms with Crippen molar-refractivity contribution in [2.75, 3.05) is 212 Å². The third-order valence-electron chi connectivity index (χ3n) is 20.7. The number of hydrogen-bond acceptors (Lipinski definition) is 41. The van der Waals surface area contributed by atoms with Gasteiger partial charge in [-0.15, -0.1) is 11.3 Å². The molecule has 143 heavy (non-hydrogen) atoms. The molecule has 13 amide bonds. The Labute approximate surface area is 825 Å². The molecule has 1 fully saturated rings. The summed E-state index contributed by atoms with van der Waals surface area (Å²) in [7, 11) is 2.60. The minimum Gasteiger partial charge on any atom is -0.493 e. The lowest BCUT2D eigenvalue weighted by atomic mass is 10.0. The van der Waals surface area contributed by atoms with Crippen LogP contribution in [-0.4, -0.2) is 434 Å². The number of thiophene rings is 1. The Morgan fingerprint density at radius 1 is 0.469 bits per heavy atom. The minimum atomic E-state index is -2.02. The van der Waals surface area contributed by atoms with Gasteiger partial charge in [-0.1, -0.05) is 0 Å². The number of nitrogens with one attached hydrogen (secondary N) is 10. The van der Waals surface area contributed by atoms with Crippen LogP contribution < -0.4 is 72.1 Å². The molecule has 2 aromatic carbocycles. The number of hydrogen-bond donors (Lipinski definition) is 20. The van der Waals surface area contributed by atoms with Crippen molar-refractivity contribution in [1.29, 1.82) is 0 Å². The molecule has 0 aliphatic carbocycles. The molecule has 1 saturated heterocycles. The normalized spacial score (nSPS) is 15.2. The van der Waals surface area contributed by atoms with Gasteiger partial charge in [0.25, 0.3) is 0 Å². The smallest absolute Gasteiger partial charge is 0.306 e. The van der Waals surface area contributed by atoms with Crippen molar-refractivity contribution in [3.05, 3.63) is 45.8 Å². The van der Waals surface area contributed by atoms with E-state index in [1.165, 1.54) is 44.2 Å². The minimum absolute atomic E-state index is 0.0110. The molecular weight excluding hydrogens is 1940 g/mol. The predicted molar refractivity (Wildman–Crippen MR) is 487 cm³/mol. The number of Topliss-reactive ketones (excluding diaryl/α,β-unsaturated/α-hetero) is 1. The number of ether oxygens (including phenoxy) is 14. The summed E-state index contributed by atoms with van der Waals surface area (Å²) >= 11 is 1.03. The summed E-state index contributed by atoms with van der Waals surface area (Å²) in [5, 5.41) is 120. The van der Waals surface area contributed by atoms with Crippen LogP contribution in [0.15, 0.2) is 18.2 Å². The molecule has 0 radical (unpaired) electrons. The lowest BCUT2D eigenvalue weighted by Gasteiger charge is -2.26. The Hall–Kier alpha value is -11.3. The van der Waals surface area contributed by atoms with E-state index in [0.29, 0.717) is 28.4 Å². The summed E-state index contributed by atoms with van der Waals surface area (Å²) in [6.45, 7) is -1.18. The Morgan fingerprint density at radius 2 is 0.937 bits per heavy atom. The summed E-state index contributed by atoms with van der Waals surface area (Å²) in [6, 6.07) is 1.17. The van der Waals surface area contributed by atoms with E-state index in [2.05, 4.69) is 53.2 Å². The zero-order valence-corrected chi connectivity index (χ0v) is 80.5. The number of rotatable bonds is 77. The number of fused-ring (bicyclic) bond motifs is 2. The van der Waals surface area contributed by atoms with E-state index < -0.39 is 258 Å². The molecule has 3 heterocycles. The van der Waals surface area contributed by atoms with E-state index in [0.717, 1.165) is 11.3 Å². The maximum absolute atomic E-state index is 16.2. The molecule has 1 unspecified atom stereocenters. The topological polar surface area (TPSA) is 731 Å². The molecule has 5 rings (SSSR count). The van der Waals surface area contributed by atoms with Gasteiger partial charge < -0.3 is 175 Å². The number of imide groups is 1. The monoisotopic (exact) mass is 2070 g/mol. The number of esters is 2. The van der Waals surface area contributed by atoms with Crippen LogP contribution >= 0.6 is 11.3 Å². The molecule has 2 aliphatic rings. The maximum Gasteiger partial charge on any atom is 0.306 e. The summed E-state index contributed by atoms with van der Waals surface area (Å²) in [4.78, 5) is 206. The highest BCUT2D eigenvalue weighted by molar-refractivity contribution is 7.20. The van der Waals surface area contributed by atoms with E-state index in [-0.39, 0.29) is 222 Å². The van der Waals surface area contributed by atoms with Crippen molar-refractivity contribution in [3.63, 3.8) is 0 Å². The molecule has 55 heteroatoms. The largest absolute Gasteiger partial charge is 0.493 e. The first-order valence-electron chi connectivity index (χ1n) is 46.3. The van der Waals surface area contributed by atoms with E-state index in [1.807, 2.05) is 0 Å². The molecule has 0 saturated carbocycles. The van der Waals surface area contributed by atoms with Gasteiger partial charge in [0.1, 0.15) is 61.4 Å². The summed E-state index contributed by atoms with van der Waals surface area (Å²) in [5.41, 5.74) is 0.521. The van der Waals surface area contributed by atoms with Gasteiger partial charge in [0.15, 0.2) is 40.4 Å². The highest BCUT2D eigenvalue weighted by atomic mass is 32.1. The number of amides is 13. The van der Waals surface area contributed by atoms with Crippen LogP contribution in [-0.2, 0) is 132 Å². The molecule has 12 atom stereocenters. The van der Waals surface area contributed by atoms with Gasteiger partial charge in [-0.3, -0.25) is 81.6 Å². The number of ketones is 1. The number of carbonyl (C=O) groups is 16. The zero-order valence-electron chi connectivity index (χ0n) is 80.6. The van der Waals surface area contributed by atoms with Crippen LogP contribution in [0.2, 0.25) is 0 Å². The Balaban J connectivity index is 0.853. The fourth-order valence-corrected chi connectivity index (χ4v) is 13.9. The Bertz CT molecular complexity index is 4630. The summed E-state index contributed by atoms with van der Waals surface area (Å²) < 4.78 is 116. The Morgan fingerprint density at radius 3 is 1.45 bits per heavy atom. The van der Waals surface area contributed by atoms with Crippen LogP contribution in [0, 0.1) is 11.6 Å². The van der Waals surface area contributed by atoms with Gasteiger partial charge >= 0.3 is 11.9 Å². The van der Waals surface area contributed by atoms with Crippen LogP contribution in [0.1, 0.15) is 107 Å². The number of carbonyl (C=O) groups excluding carboxylic acids is 16. The second-order valence-corrected chi connectivity index (χ2v) is 32.7. The first-order chi connectivity index (χ1) is 68.8. The van der Waals surface area contributed by atoms with Gasteiger partial charge in [0.05, 0.1) is 222 Å². The van der Waals surface area contributed by atoms with Crippen molar-refractivity contribution in [2.45, 2.75) is 165 Å². The van der Waals surface area contributed by atoms with Crippen molar-refractivity contribution in [1.82, 2.24) is 63.0 Å². The number of benzene rings is 2. The van der Waals surface area contributed by atoms with Gasteiger partial charge in [-0.2, -0.15) is 0 Å². The van der Waals surface area contributed by atoms with Gasteiger partial charge in [-0.05, 0) is 38.0 Å². The van der Waals surface area contributed by atoms with Crippen molar-refractivity contribution >= 4 is 116 Å². The third kappa shape index (κ3) is 46.1. The average molecular weight is 2070 g/mol. The van der Waals surface area contributed by atoms with E-state index in [9.17, 15) is 118 Å². The van der Waals surface area contributed by atoms with Crippen LogP contribution in [0.3, 0.4) is 0 Å². The van der Waals surface area contributed by atoms with Crippen molar-refractivity contribution in [2.24, 2.45) is 0 Å². The summed E-state index contributed by atoms with van der Waals surface area (Å²) in [6.07, 6.45) is -21.2. The number of aliphatic hydroxyl groups excluding tert-OH is 10. The van der Waals surface area contributed by atoms with E-state index >= 15 is 8.78 Å². The van der Waals surface area contributed by atoms with Gasteiger partial charge in [-0.25, -0.2) is 8.78 Å². The first-order valence-corrected chi connectivity index (χ1v) is 46.6. The molecule has 804 valence electrons. The van der Waals surface area contributed by atoms with E-state index in [1.54, 1.807) is 6.92 Å².